The molecule has 2 N–H and O–H groups in total. The molecule has 1 aromatic rings. The molecule has 0 fully saturated rings. The van der Waals surface area contributed by atoms with E-state index in [0.29, 0.717) is 18.6 Å². The molecule has 0 saturated carbocycles. The Morgan fingerprint density at radius 1 is 1.25 bits per heavy atom. The number of carboxylic acid groups (broad SMARTS) is 1. The summed E-state index contributed by atoms with van der Waals surface area (Å²) in [5, 5.41) is 11.5. The highest BCUT2D eigenvalue weighted by atomic mass is 19.4. The number of ether oxygens (including phenoxy) is 2. The second-order valence-electron chi connectivity index (χ2n) is 4.93. The summed E-state index contributed by atoms with van der Waals surface area (Å²) in [7, 11) is 1.50. The topological polar surface area (TPSA) is 84.9 Å². The number of hydrogen-bond donors (Lipinski definition) is 2. The number of benzene rings is 1. The van der Waals surface area contributed by atoms with Gasteiger partial charge in [0.05, 0.1) is 12.5 Å². The van der Waals surface area contributed by atoms with Gasteiger partial charge in [0.25, 0.3) is 0 Å². The first-order chi connectivity index (χ1) is 11.2. The van der Waals surface area contributed by atoms with Crippen LogP contribution in [0.5, 0.6) is 5.75 Å². The first-order valence-corrected chi connectivity index (χ1v) is 7.07. The first kappa shape index (κ1) is 19.8. The zero-order valence-corrected chi connectivity index (χ0v) is 12.9. The van der Waals surface area contributed by atoms with Crippen LogP contribution in [0.1, 0.15) is 30.9 Å². The van der Waals surface area contributed by atoms with Crippen LogP contribution in [-0.4, -0.2) is 37.1 Å². The lowest BCUT2D eigenvalue weighted by molar-refractivity contribution is -0.274. The molecule has 0 bridgehead atoms. The predicted octanol–water partition coefficient (Wildman–Crippen LogP) is 2.64. The predicted molar refractivity (Wildman–Crippen MR) is 77.4 cm³/mol. The van der Waals surface area contributed by atoms with Crippen molar-refractivity contribution in [1.29, 1.82) is 0 Å². The maximum absolute atomic E-state index is 12.1. The fraction of sp³-hybridized carbons (Fsp3) is 0.467. The van der Waals surface area contributed by atoms with Crippen molar-refractivity contribution < 1.29 is 37.3 Å². The van der Waals surface area contributed by atoms with Gasteiger partial charge in [-0.1, -0.05) is 12.1 Å². The molecule has 9 heteroatoms. The molecule has 0 aliphatic carbocycles. The number of alkyl halides is 3. The lowest BCUT2D eigenvalue weighted by Gasteiger charge is -2.18. The van der Waals surface area contributed by atoms with Crippen molar-refractivity contribution in [3.63, 3.8) is 0 Å². The van der Waals surface area contributed by atoms with Gasteiger partial charge in [-0.15, -0.1) is 13.2 Å². The van der Waals surface area contributed by atoms with Crippen molar-refractivity contribution in [2.45, 2.75) is 31.7 Å². The van der Waals surface area contributed by atoms with E-state index in [1.807, 2.05) is 0 Å². The molecule has 0 saturated heterocycles. The number of carbonyl (C=O) groups is 2. The van der Waals surface area contributed by atoms with Gasteiger partial charge in [-0.3, -0.25) is 9.59 Å². The third-order valence-electron chi connectivity index (χ3n) is 2.98. The van der Waals surface area contributed by atoms with Crippen LogP contribution >= 0.6 is 0 Å². The van der Waals surface area contributed by atoms with Crippen molar-refractivity contribution in [2.24, 2.45) is 0 Å². The van der Waals surface area contributed by atoms with E-state index in [1.165, 1.54) is 19.2 Å². The number of halogens is 3. The fourth-order valence-electron chi connectivity index (χ4n) is 1.97. The second kappa shape index (κ2) is 9.11. The highest BCUT2D eigenvalue weighted by Gasteiger charge is 2.31. The van der Waals surface area contributed by atoms with Crippen LogP contribution in [0.2, 0.25) is 0 Å². The van der Waals surface area contributed by atoms with E-state index >= 15 is 0 Å². The monoisotopic (exact) mass is 349 g/mol. The molecule has 0 spiro atoms. The Labute approximate surface area is 136 Å². The van der Waals surface area contributed by atoms with Crippen LogP contribution in [0.15, 0.2) is 24.3 Å². The summed E-state index contributed by atoms with van der Waals surface area (Å²) in [6.07, 6.45) is -4.58. The number of carbonyl (C=O) groups excluding carboxylic acids is 1. The Hall–Kier alpha value is -2.29. The van der Waals surface area contributed by atoms with E-state index in [9.17, 15) is 22.8 Å². The molecule has 1 aromatic carbocycles. The van der Waals surface area contributed by atoms with Crippen LogP contribution in [0.3, 0.4) is 0 Å². The Morgan fingerprint density at radius 2 is 1.88 bits per heavy atom. The Balaban J connectivity index is 2.76. The Kier molecular flexibility index (Phi) is 7.50. The van der Waals surface area contributed by atoms with Gasteiger partial charge in [-0.2, -0.15) is 0 Å². The largest absolute Gasteiger partial charge is 0.573 e. The summed E-state index contributed by atoms with van der Waals surface area (Å²) in [5.41, 5.74) is 0.368. The first-order valence-electron chi connectivity index (χ1n) is 7.07. The van der Waals surface area contributed by atoms with E-state index in [-0.39, 0.29) is 12.3 Å². The lowest BCUT2D eigenvalue weighted by atomic mass is 10.0. The number of methoxy groups -OCH3 is 1. The molecule has 0 radical (unpaired) electrons. The molecule has 1 rings (SSSR count). The highest BCUT2D eigenvalue weighted by molar-refractivity contribution is 5.77. The molecule has 134 valence electrons. The van der Waals surface area contributed by atoms with E-state index in [0.717, 1.165) is 12.1 Å². The average Bonchev–Trinajstić information content (AvgIpc) is 2.45. The van der Waals surface area contributed by atoms with Crippen LogP contribution in [-0.2, 0) is 14.3 Å². The molecule has 0 aliphatic heterocycles. The molecular formula is C15H18F3NO5. The fourth-order valence-corrected chi connectivity index (χ4v) is 1.97. The molecule has 1 amide bonds. The standard InChI is InChI=1S/C15H18F3NO5/c1-23-8-2-3-13(20)19-12(9-14(21)22)10-4-6-11(7-5-10)24-15(16,17)18/h4-7,12H,2-3,8-9H2,1H3,(H,19,20)(H,21,22). The zero-order valence-electron chi connectivity index (χ0n) is 12.9. The summed E-state index contributed by atoms with van der Waals surface area (Å²) in [5.74, 6) is -1.94. The van der Waals surface area contributed by atoms with Crippen molar-refractivity contribution in [3.05, 3.63) is 29.8 Å². The maximum atomic E-state index is 12.1. The number of aliphatic carboxylic acids is 1. The smallest absolute Gasteiger partial charge is 0.481 e. The quantitative estimate of drug-likeness (QED) is 0.670. The van der Waals surface area contributed by atoms with Crippen LogP contribution < -0.4 is 10.1 Å². The van der Waals surface area contributed by atoms with Gasteiger partial charge in [0.2, 0.25) is 5.91 Å². The van der Waals surface area contributed by atoms with Gasteiger partial charge in [0.1, 0.15) is 5.75 Å². The van der Waals surface area contributed by atoms with E-state index in [2.05, 4.69) is 10.1 Å². The molecule has 1 unspecified atom stereocenters. The summed E-state index contributed by atoms with van der Waals surface area (Å²) >= 11 is 0. The van der Waals surface area contributed by atoms with Crippen LogP contribution in [0.25, 0.3) is 0 Å². The highest BCUT2D eigenvalue weighted by Crippen LogP contribution is 2.25. The molecule has 24 heavy (non-hydrogen) atoms. The van der Waals surface area contributed by atoms with Gasteiger partial charge in [-0.05, 0) is 24.1 Å². The normalized spacial score (nSPS) is 12.5. The summed E-state index contributed by atoms with van der Waals surface area (Å²) in [6.45, 7) is 0.389. The van der Waals surface area contributed by atoms with Gasteiger partial charge in [0, 0.05) is 20.1 Å². The molecular weight excluding hydrogens is 331 g/mol. The number of hydrogen-bond acceptors (Lipinski definition) is 4. The van der Waals surface area contributed by atoms with Gasteiger partial charge < -0.3 is 19.9 Å². The molecule has 0 aromatic heterocycles. The number of carboxylic acids is 1. The summed E-state index contributed by atoms with van der Waals surface area (Å²) < 4.78 is 44.9. The zero-order chi connectivity index (χ0) is 18.2. The Morgan fingerprint density at radius 3 is 2.38 bits per heavy atom. The molecule has 0 heterocycles. The van der Waals surface area contributed by atoms with E-state index < -0.39 is 30.5 Å². The minimum Gasteiger partial charge on any atom is -0.481 e. The average molecular weight is 349 g/mol. The third kappa shape index (κ3) is 7.82. The number of amides is 1. The SMILES string of the molecule is COCCCC(=O)NC(CC(=O)O)c1ccc(OC(F)(F)F)cc1. The van der Waals surface area contributed by atoms with Gasteiger partial charge in [0.15, 0.2) is 0 Å². The molecule has 6 nitrogen and oxygen atoms in total. The molecule has 0 aliphatic rings. The summed E-state index contributed by atoms with van der Waals surface area (Å²) in [4.78, 5) is 22.7. The van der Waals surface area contributed by atoms with Crippen LogP contribution in [0, 0.1) is 0 Å². The number of nitrogens with one attached hydrogen (secondary N) is 1. The molecule has 1 atom stereocenters. The lowest BCUT2D eigenvalue weighted by Crippen LogP contribution is -2.30. The second-order valence-corrected chi connectivity index (χ2v) is 4.93. The van der Waals surface area contributed by atoms with Gasteiger partial charge >= 0.3 is 12.3 Å². The minimum atomic E-state index is -4.81. The third-order valence-corrected chi connectivity index (χ3v) is 2.98. The van der Waals surface area contributed by atoms with E-state index in [4.69, 9.17) is 9.84 Å². The maximum Gasteiger partial charge on any atom is 0.573 e. The summed E-state index contributed by atoms with van der Waals surface area (Å²) in [6, 6.07) is 3.84. The minimum absolute atomic E-state index is 0.152. The van der Waals surface area contributed by atoms with Crippen molar-refractivity contribution in [3.8, 4) is 5.75 Å². The Bertz CT molecular complexity index is 545. The van der Waals surface area contributed by atoms with E-state index in [1.54, 1.807) is 0 Å². The number of rotatable bonds is 9. The van der Waals surface area contributed by atoms with Crippen molar-refractivity contribution in [2.75, 3.05) is 13.7 Å². The van der Waals surface area contributed by atoms with Crippen molar-refractivity contribution in [1.82, 2.24) is 5.32 Å². The van der Waals surface area contributed by atoms with Gasteiger partial charge in [-0.25, -0.2) is 0 Å². The van der Waals surface area contributed by atoms with Crippen LogP contribution in [0.4, 0.5) is 13.2 Å². The van der Waals surface area contributed by atoms with Crippen molar-refractivity contribution >= 4 is 11.9 Å².